The molecule has 1 aliphatic rings. The molecule has 0 bridgehead atoms. The number of rotatable bonds is 3. The lowest BCUT2D eigenvalue weighted by molar-refractivity contribution is 0.0526. The SMILES string of the molecule is CCOC(=O)c1ccc(-n2c(N)c3c(cc2=O)C(=O)NC3=O)cc1. The summed E-state index contributed by atoms with van der Waals surface area (Å²) in [5.74, 6) is -1.92. The molecular weight excluding hydrogens is 314 g/mol. The number of ether oxygens (including phenoxy) is 1. The number of pyridine rings is 1. The second-order valence-electron chi connectivity index (χ2n) is 5.04. The Kier molecular flexibility index (Phi) is 3.64. The van der Waals surface area contributed by atoms with Crippen molar-refractivity contribution in [3.05, 3.63) is 57.4 Å². The first-order valence-corrected chi connectivity index (χ1v) is 7.12. The summed E-state index contributed by atoms with van der Waals surface area (Å²) in [6, 6.07) is 7.04. The second kappa shape index (κ2) is 5.65. The summed E-state index contributed by atoms with van der Waals surface area (Å²) in [5.41, 5.74) is 5.98. The second-order valence-corrected chi connectivity index (χ2v) is 5.04. The predicted octanol–water partition coefficient (Wildman–Crippen LogP) is 0.480. The van der Waals surface area contributed by atoms with Gasteiger partial charge in [-0.15, -0.1) is 0 Å². The lowest BCUT2D eigenvalue weighted by atomic mass is 10.1. The number of anilines is 1. The third kappa shape index (κ3) is 2.34. The van der Waals surface area contributed by atoms with Gasteiger partial charge in [0.1, 0.15) is 5.82 Å². The summed E-state index contributed by atoms with van der Waals surface area (Å²) in [4.78, 5) is 47.4. The predicted molar refractivity (Wildman–Crippen MR) is 84.2 cm³/mol. The van der Waals surface area contributed by atoms with Gasteiger partial charge in [0.2, 0.25) is 0 Å². The Hall–Kier alpha value is -3.42. The van der Waals surface area contributed by atoms with Gasteiger partial charge in [-0.3, -0.25) is 24.3 Å². The van der Waals surface area contributed by atoms with E-state index in [1.807, 2.05) is 0 Å². The van der Waals surface area contributed by atoms with E-state index < -0.39 is 23.3 Å². The van der Waals surface area contributed by atoms with Crippen molar-refractivity contribution in [2.75, 3.05) is 12.3 Å². The number of imide groups is 1. The molecule has 0 spiro atoms. The molecule has 1 aliphatic heterocycles. The van der Waals surface area contributed by atoms with Gasteiger partial charge in [0.15, 0.2) is 0 Å². The molecule has 0 fully saturated rings. The Morgan fingerprint density at radius 3 is 2.46 bits per heavy atom. The van der Waals surface area contributed by atoms with Crippen molar-refractivity contribution in [3.8, 4) is 5.69 Å². The van der Waals surface area contributed by atoms with Crippen LogP contribution in [0.3, 0.4) is 0 Å². The topological polar surface area (TPSA) is 120 Å². The molecule has 0 aliphatic carbocycles. The highest BCUT2D eigenvalue weighted by atomic mass is 16.5. The molecule has 3 N–H and O–H groups in total. The summed E-state index contributed by atoms with van der Waals surface area (Å²) in [5, 5.41) is 2.10. The van der Waals surface area contributed by atoms with E-state index >= 15 is 0 Å². The van der Waals surface area contributed by atoms with Crippen LogP contribution in [-0.2, 0) is 4.74 Å². The average molecular weight is 327 g/mol. The largest absolute Gasteiger partial charge is 0.462 e. The van der Waals surface area contributed by atoms with Crippen LogP contribution in [0.5, 0.6) is 0 Å². The van der Waals surface area contributed by atoms with Crippen molar-refractivity contribution in [3.63, 3.8) is 0 Å². The third-order valence-corrected chi connectivity index (χ3v) is 3.59. The van der Waals surface area contributed by atoms with Gasteiger partial charge in [0.05, 0.1) is 29.0 Å². The summed E-state index contributed by atoms with van der Waals surface area (Å²) in [6.07, 6.45) is 0. The van der Waals surface area contributed by atoms with Crippen molar-refractivity contribution < 1.29 is 19.1 Å². The van der Waals surface area contributed by atoms with Crippen molar-refractivity contribution >= 4 is 23.6 Å². The number of benzene rings is 1. The van der Waals surface area contributed by atoms with Crippen LogP contribution in [0.15, 0.2) is 35.1 Å². The zero-order valence-electron chi connectivity index (χ0n) is 12.7. The normalized spacial score (nSPS) is 12.7. The number of nitrogens with two attached hydrogens (primary N) is 1. The van der Waals surface area contributed by atoms with Gasteiger partial charge in [-0.05, 0) is 31.2 Å². The van der Waals surface area contributed by atoms with Crippen LogP contribution in [0.25, 0.3) is 5.69 Å². The molecule has 2 heterocycles. The molecule has 3 rings (SSSR count). The molecule has 2 aromatic rings. The van der Waals surface area contributed by atoms with Gasteiger partial charge in [0.25, 0.3) is 17.4 Å². The molecule has 0 radical (unpaired) electrons. The molecular formula is C16H13N3O5. The number of esters is 1. The number of carbonyl (C=O) groups is 3. The zero-order chi connectivity index (χ0) is 17.4. The molecule has 1 aromatic carbocycles. The van der Waals surface area contributed by atoms with E-state index in [1.165, 1.54) is 24.3 Å². The number of carbonyl (C=O) groups excluding carboxylic acids is 3. The number of nitrogens with one attached hydrogen (secondary N) is 1. The number of amides is 2. The molecule has 24 heavy (non-hydrogen) atoms. The minimum absolute atomic E-state index is 0.0333. The first kappa shape index (κ1) is 15.5. The number of fused-ring (bicyclic) bond motifs is 1. The maximum Gasteiger partial charge on any atom is 0.338 e. The summed E-state index contributed by atoms with van der Waals surface area (Å²) in [6.45, 7) is 1.95. The van der Waals surface area contributed by atoms with Crippen LogP contribution in [-0.4, -0.2) is 29.0 Å². The Morgan fingerprint density at radius 2 is 1.83 bits per heavy atom. The Labute approximate surface area is 135 Å². The van der Waals surface area contributed by atoms with Gasteiger partial charge in [-0.2, -0.15) is 0 Å². The highest BCUT2D eigenvalue weighted by Gasteiger charge is 2.31. The number of hydrogen-bond acceptors (Lipinski definition) is 6. The molecule has 0 atom stereocenters. The summed E-state index contributed by atoms with van der Waals surface area (Å²) < 4.78 is 5.99. The smallest absolute Gasteiger partial charge is 0.338 e. The first-order chi connectivity index (χ1) is 11.4. The third-order valence-electron chi connectivity index (χ3n) is 3.59. The molecule has 0 saturated heterocycles. The van der Waals surface area contributed by atoms with Gasteiger partial charge in [0, 0.05) is 6.07 Å². The highest BCUT2D eigenvalue weighted by molar-refractivity contribution is 6.23. The number of nitrogen functional groups attached to an aromatic ring is 1. The Balaban J connectivity index is 2.10. The van der Waals surface area contributed by atoms with Gasteiger partial charge in [-0.1, -0.05) is 0 Å². The fraction of sp³-hybridized carbons (Fsp3) is 0.125. The Bertz CT molecular complexity index is 928. The van der Waals surface area contributed by atoms with Crippen LogP contribution < -0.4 is 16.6 Å². The minimum atomic E-state index is -0.649. The summed E-state index contributed by atoms with van der Waals surface area (Å²) >= 11 is 0. The molecule has 0 saturated carbocycles. The quantitative estimate of drug-likeness (QED) is 0.625. The minimum Gasteiger partial charge on any atom is -0.462 e. The number of aromatic nitrogens is 1. The van der Waals surface area contributed by atoms with Crippen LogP contribution in [0, 0.1) is 0 Å². The van der Waals surface area contributed by atoms with Gasteiger partial charge >= 0.3 is 5.97 Å². The van der Waals surface area contributed by atoms with E-state index in [9.17, 15) is 19.2 Å². The number of nitrogens with zero attached hydrogens (tertiary/aromatic N) is 1. The van der Waals surface area contributed by atoms with Crippen LogP contribution >= 0.6 is 0 Å². The molecule has 122 valence electrons. The molecule has 8 nitrogen and oxygen atoms in total. The number of hydrogen-bond donors (Lipinski definition) is 2. The van der Waals surface area contributed by atoms with Crippen LogP contribution in [0.1, 0.15) is 38.0 Å². The maximum absolute atomic E-state index is 12.3. The lowest BCUT2D eigenvalue weighted by Crippen LogP contribution is -2.24. The van der Waals surface area contributed by atoms with E-state index in [0.29, 0.717) is 11.3 Å². The van der Waals surface area contributed by atoms with Gasteiger partial charge < -0.3 is 10.5 Å². The first-order valence-electron chi connectivity index (χ1n) is 7.12. The fourth-order valence-electron chi connectivity index (χ4n) is 2.51. The van der Waals surface area contributed by atoms with E-state index in [4.69, 9.17) is 10.5 Å². The van der Waals surface area contributed by atoms with E-state index in [1.54, 1.807) is 6.92 Å². The highest BCUT2D eigenvalue weighted by Crippen LogP contribution is 2.23. The van der Waals surface area contributed by atoms with Gasteiger partial charge in [-0.25, -0.2) is 4.79 Å². The van der Waals surface area contributed by atoms with Crippen LogP contribution in [0.2, 0.25) is 0 Å². The standard InChI is InChI=1S/C16H13N3O5/c1-2-24-16(23)8-3-5-9(6-4-8)19-11(20)7-10-12(13(19)17)15(22)18-14(10)21/h3-7H,2,17H2,1H3,(H,18,21,22). The van der Waals surface area contributed by atoms with Crippen LogP contribution in [0.4, 0.5) is 5.82 Å². The van der Waals surface area contributed by atoms with Crippen molar-refractivity contribution in [2.24, 2.45) is 0 Å². The molecule has 8 heteroatoms. The Morgan fingerprint density at radius 1 is 1.17 bits per heavy atom. The molecule has 0 unspecified atom stereocenters. The summed E-state index contributed by atoms with van der Waals surface area (Å²) in [7, 11) is 0. The fourth-order valence-corrected chi connectivity index (χ4v) is 2.51. The zero-order valence-corrected chi connectivity index (χ0v) is 12.7. The van der Waals surface area contributed by atoms with E-state index in [0.717, 1.165) is 10.6 Å². The maximum atomic E-state index is 12.3. The van der Waals surface area contributed by atoms with E-state index in [-0.39, 0.29) is 23.6 Å². The van der Waals surface area contributed by atoms with Crippen molar-refractivity contribution in [1.82, 2.24) is 9.88 Å². The molecule has 2 amide bonds. The van der Waals surface area contributed by atoms with Crippen molar-refractivity contribution in [2.45, 2.75) is 6.92 Å². The lowest BCUT2D eigenvalue weighted by Gasteiger charge is -2.12. The van der Waals surface area contributed by atoms with E-state index in [2.05, 4.69) is 5.32 Å². The molecule has 1 aromatic heterocycles. The monoisotopic (exact) mass is 327 g/mol. The average Bonchev–Trinajstić information content (AvgIpc) is 2.82. The van der Waals surface area contributed by atoms with Crippen molar-refractivity contribution in [1.29, 1.82) is 0 Å².